The molecule has 0 saturated carbocycles. The van der Waals surface area contributed by atoms with Gasteiger partial charge in [0.25, 0.3) is 11.6 Å². The monoisotopic (exact) mass is 409 g/mol. The molecule has 1 aliphatic rings. The maximum Gasteiger partial charge on any atom is 0.345 e. The molecule has 0 unspecified atom stereocenters. The first-order valence-corrected chi connectivity index (χ1v) is 9.11. The third-order valence-electron chi connectivity index (χ3n) is 4.08. The molecule has 2 rings (SSSR count). The molecular formula is C18H20ClN3O6. The molecule has 0 saturated heterocycles. The number of hydrogen-bond acceptors (Lipinski definition) is 6. The van der Waals surface area contributed by atoms with Gasteiger partial charge in [-0.1, -0.05) is 23.3 Å². The summed E-state index contributed by atoms with van der Waals surface area (Å²) in [6.07, 6.45) is 7.29. The molecule has 0 fully saturated rings. The molecule has 0 aliphatic heterocycles. The summed E-state index contributed by atoms with van der Waals surface area (Å²) >= 11 is 5.74. The Morgan fingerprint density at radius 1 is 1.25 bits per heavy atom. The Balaban J connectivity index is 1.76. The molecule has 0 bridgehead atoms. The van der Waals surface area contributed by atoms with Crippen LogP contribution in [0.15, 0.2) is 29.8 Å². The predicted molar refractivity (Wildman–Crippen MR) is 101 cm³/mol. The van der Waals surface area contributed by atoms with Crippen molar-refractivity contribution in [2.45, 2.75) is 32.1 Å². The molecule has 1 aromatic carbocycles. The first-order valence-electron chi connectivity index (χ1n) is 8.73. The lowest BCUT2D eigenvalue weighted by Gasteiger charge is -2.13. The van der Waals surface area contributed by atoms with Crippen molar-refractivity contribution < 1.29 is 24.0 Å². The molecule has 2 N–H and O–H groups in total. The molecule has 0 atom stereocenters. The molecular weight excluding hydrogens is 390 g/mol. The molecule has 10 heteroatoms. The third-order valence-corrected chi connectivity index (χ3v) is 4.31. The Morgan fingerprint density at radius 2 is 2.04 bits per heavy atom. The standard InChI is InChI=1S/C18H20ClN3O6/c19-13-6-7-15(22(26)27)14(10-13)17(24)28-11-16(23)21-18(25)20-9-8-12-4-2-1-3-5-12/h4,6-7,10H,1-3,5,8-9,11H2,(H2,20,21,23,25). The third kappa shape index (κ3) is 6.66. The van der Waals surface area contributed by atoms with E-state index in [4.69, 9.17) is 16.3 Å². The van der Waals surface area contributed by atoms with Crippen molar-refractivity contribution in [3.63, 3.8) is 0 Å². The van der Waals surface area contributed by atoms with Crippen molar-refractivity contribution in [2.24, 2.45) is 0 Å². The van der Waals surface area contributed by atoms with E-state index in [1.165, 1.54) is 18.1 Å². The zero-order chi connectivity index (χ0) is 20.5. The van der Waals surface area contributed by atoms with Gasteiger partial charge < -0.3 is 10.1 Å². The van der Waals surface area contributed by atoms with Crippen molar-refractivity contribution >= 4 is 35.2 Å². The van der Waals surface area contributed by atoms with Gasteiger partial charge in [-0.15, -0.1) is 0 Å². The fourth-order valence-electron chi connectivity index (χ4n) is 2.72. The SMILES string of the molecule is O=C(COC(=O)c1cc(Cl)ccc1[N+](=O)[O-])NC(=O)NCCC1=CCCCC1. The van der Waals surface area contributed by atoms with Gasteiger partial charge in [-0.25, -0.2) is 9.59 Å². The van der Waals surface area contributed by atoms with Crippen molar-refractivity contribution in [1.82, 2.24) is 10.6 Å². The average Bonchev–Trinajstić information content (AvgIpc) is 2.66. The van der Waals surface area contributed by atoms with Crippen molar-refractivity contribution in [2.75, 3.05) is 13.2 Å². The van der Waals surface area contributed by atoms with Gasteiger partial charge in [0, 0.05) is 17.6 Å². The Kier molecular flexibility index (Phi) is 7.94. The van der Waals surface area contributed by atoms with Crippen molar-refractivity contribution in [1.29, 1.82) is 0 Å². The highest BCUT2D eigenvalue weighted by atomic mass is 35.5. The fraction of sp³-hybridized carbons (Fsp3) is 0.389. The van der Waals surface area contributed by atoms with Gasteiger partial charge in [-0.2, -0.15) is 0 Å². The number of nitro groups is 1. The highest BCUT2D eigenvalue weighted by Crippen LogP contribution is 2.23. The van der Waals surface area contributed by atoms with Crippen LogP contribution in [-0.4, -0.2) is 36.0 Å². The number of imide groups is 1. The van der Waals surface area contributed by atoms with Gasteiger partial charge >= 0.3 is 12.0 Å². The van der Waals surface area contributed by atoms with Crippen LogP contribution in [0, 0.1) is 10.1 Å². The normalized spacial score (nSPS) is 13.2. The molecule has 3 amide bonds. The van der Waals surface area contributed by atoms with Crippen molar-refractivity contribution in [3.05, 3.63) is 50.5 Å². The Bertz CT molecular complexity index is 809. The van der Waals surface area contributed by atoms with E-state index in [-0.39, 0.29) is 10.6 Å². The number of benzene rings is 1. The van der Waals surface area contributed by atoms with Crippen LogP contribution < -0.4 is 10.6 Å². The number of nitrogens with one attached hydrogen (secondary N) is 2. The molecule has 0 radical (unpaired) electrons. The minimum atomic E-state index is -1.09. The Hall–Kier alpha value is -2.94. The van der Waals surface area contributed by atoms with Gasteiger partial charge in [-0.3, -0.25) is 20.2 Å². The molecule has 0 aromatic heterocycles. The minimum Gasteiger partial charge on any atom is -0.452 e. The summed E-state index contributed by atoms with van der Waals surface area (Å²) in [6, 6.07) is 2.70. The fourth-order valence-corrected chi connectivity index (χ4v) is 2.89. The number of nitro benzene ring substituents is 1. The Morgan fingerprint density at radius 3 is 2.71 bits per heavy atom. The lowest BCUT2D eigenvalue weighted by atomic mass is 9.97. The van der Waals surface area contributed by atoms with Crippen LogP contribution in [0.2, 0.25) is 5.02 Å². The smallest absolute Gasteiger partial charge is 0.345 e. The summed E-state index contributed by atoms with van der Waals surface area (Å²) in [5.74, 6) is -1.94. The topological polar surface area (TPSA) is 128 Å². The highest BCUT2D eigenvalue weighted by molar-refractivity contribution is 6.31. The van der Waals surface area contributed by atoms with E-state index in [9.17, 15) is 24.5 Å². The maximum atomic E-state index is 12.0. The number of hydrogen-bond donors (Lipinski definition) is 2. The maximum absolute atomic E-state index is 12.0. The number of ether oxygens (including phenoxy) is 1. The zero-order valence-corrected chi connectivity index (χ0v) is 15.8. The lowest BCUT2D eigenvalue weighted by molar-refractivity contribution is -0.385. The van der Waals surface area contributed by atoms with E-state index in [0.717, 1.165) is 37.8 Å². The van der Waals surface area contributed by atoms with Crippen LogP contribution in [0.4, 0.5) is 10.5 Å². The molecule has 150 valence electrons. The number of allylic oxidation sites excluding steroid dienone is 1. The van der Waals surface area contributed by atoms with Crippen LogP contribution in [0.3, 0.4) is 0 Å². The molecule has 1 aliphatic carbocycles. The van der Waals surface area contributed by atoms with E-state index < -0.39 is 35.1 Å². The summed E-state index contributed by atoms with van der Waals surface area (Å²) in [5, 5.41) is 15.6. The number of urea groups is 1. The van der Waals surface area contributed by atoms with E-state index in [0.29, 0.717) is 6.54 Å². The second-order valence-corrected chi connectivity index (χ2v) is 6.59. The highest BCUT2D eigenvalue weighted by Gasteiger charge is 2.22. The quantitative estimate of drug-likeness (QED) is 0.308. The van der Waals surface area contributed by atoms with Crippen LogP contribution in [0.1, 0.15) is 42.5 Å². The molecule has 0 heterocycles. The largest absolute Gasteiger partial charge is 0.452 e. The van der Waals surface area contributed by atoms with Gasteiger partial charge in [-0.05, 0) is 44.2 Å². The van der Waals surface area contributed by atoms with Crippen LogP contribution >= 0.6 is 11.6 Å². The van der Waals surface area contributed by atoms with Gasteiger partial charge in [0.2, 0.25) is 0 Å². The van der Waals surface area contributed by atoms with Crippen LogP contribution in [-0.2, 0) is 9.53 Å². The molecule has 0 spiro atoms. The van der Waals surface area contributed by atoms with Gasteiger partial charge in [0.05, 0.1) is 4.92 Å². The zero-order valence-electron chi connectivity index (χ0n) is 15.0. The summed E-state index contributed by atoms with van der Waals surface area (Å²) < 4.78 is 4.73. The number of carbonyl (C=O) groups excluding carboxylic acids is 3. The number of rotatable bonds is 7. The van der Waals surface area contributed by atoms with E-state index in [1.807, 2.05) is 5.32 Å². The summed E-state index contributed by atoms with van der Waals surface area (Å²) in [4.78, 5) is 45.6. The number of esters is 1. The number of nitrogens with zero attached hydrogens (tertiary/aromatic N) is 1. The first-order chi connectivity index (χ1) is 13.4. The second-order valence-electron chi connectivity index (χ2n) is 6.16. The summed E-state index contributed by atoms with van der Waals surface area (Å²) in [7, 11) is 0. The summed E-state index contributed by atoms with van der Waals surface area (Å²) in [5.41, 5.74) is 0.412. The number of carbonyl (C=O) groups is 3. The predicted octanol–water partition coefficient (Wildman–Crippen LogP) is 3.12. The van der Waals surface area contributed by atoms with E-state index >= 15 is 0 Å². The van der Waals surface area contributed by atoms with Gasteiger partial charge in [0.15, 0.2) is 6.61 Å². The number of halogens is 1. The van der Waals surface area contributed by atoms with Crippen LogP contribution in [0.25, 0.3) is 0 Å². The molecule has 1 aromatic rings. The van der Waals surface area contributed by atoms with E-state index in [1.54, 1.807) is 0 Å². The average molecular weight is 410 g/mol. The minimum absolute atomic E-state index is 0.106. The van der Waals surface area contributed by atoms with E-state index in [2.05, 4.69) is 11.4 Å². The van der Waals surface area contributed by atoms with Crippen LogP contribution in [0.5, 0.6) is 0 Å². The summed E-state index contributed by atoms with van der Waals surface area (Å²) in [6.45, 7) is -0.374. The van der Waals surface area contributed by atoms with Crippen molar-refractivity contribution in [3.8, 4) is 0 Å². The molecule has 28 heavy (non-hydrogen) atoms. The second kappa shape index (κ2) is 10.4. The van der Waals surface area contributed by atoms with Gasteiger partial charge in [0.1, 0.15) is 5.56 Å². The molecule has 9 nitrogen and oxygen atoms in total. The lowest BCUT2D eigenvalue weighted by Crippen LogP contribution is -2.41. The first kappa shape index (κ1) is 21.4. The Labute approximate surface area is 166 Å². The number of amides is 3.